The van der Waals surface area contributed by atoms with Gasteiger partial charge < -0.3 is 14.0 Å². The van der Waals surface area contributed by atoms with Crippen molar-refractivity contribution >= 4 is 39.5 Å². The number of methoxy groups -OCH3 is 1. The van der Waals surface area contributed by atoms with Crippen molar-refractivity contribution in [2.24, 2.45) is 0 Å². The Labute approximate surface area is 155 Å². The molecule has 0 saturated heterocycles. The van der Waals surface area contributed by atoms with Gasteiger partial charge >= 0.3 is 5.97 Å². The summed E-state index contributed by atoms with van der Waals surface area (Å²) >= 11 is 2.16. The first kappa shape index (κ1) is 18.9. The van der Waals surface area contributed by atoms with Crippen molar-refractivity contribution in [1.29, 1.82) is 0 Å². The number of esters is 1. The Morgan fingerprint density at radius 2 is 2.08 bits per heavy atom. The maximum absolute atomic E-state index is 12.7. The van der Waals surface area contributed by atoms with Crippen LogP contribution in [0.25, 0.3) is 10.9 Å². The van der Waals surface area contributed by atoms with Gasteiger partial charge in [-0.15, -0.1) is 0 Å². The third-order valence-corrected chi connectivity index (χ3v) is 4.53. The number of hydrogen-bond donors (Lipinski definition) is 0. The van der Waals surface area contributed by atoms with Gasteiger partial charge in [-0.25, -0.2) is 4.79 Å². The molecule has 0 spiro atoms. The summed E-state index contributed by atoms with van der Waals surface area (Å²) in [7, 11) is 1.66. The molecule has 5 nitrogen and oxygen atoms in total. The number of carbonyl (C=O) groups excluding carboxylic acids is 1. The number of carbonyl (C=O) groups is 1. The standard InChI is InChI=1S/C18H22INO4/c1-4-6-13(11-23-3)20-10-15(18(22)24-5-2)17(21)14-9-12(19)7-8-16(14)20/h7-10,13H,4-6,11H2,1-3H3. The lowest BCUT2D eigenvalue weighted by Crippen LogP contribution is -2.24. The monoisotopic (exact) mass is 443 g/mol. The Morgan fingerprint density at radius 3 is 2.71 bits per heavy atom. The van der Waals surface area contributed by atoms with Crippen molar-refractivity contribution in [2.45, 2.75) is 32.7 Å². The largest absolute Gasteiger partial charge is 0.462 e. The number of halogens is 1. The van der Waals surface area contributed by atoms with Crippen LogP contribution in [0, 0.1) is 3.57 Å². The average molecular weight is 443 g/mol. The smallest absolute Gasteiger partial charge is 0.343 e. The van der Waals surface area contributed by atoms with Gasteiger partial charge in [0.1, 0.15) is 5.56 Å². The summed E-state index contributed by atoms with van der Waals surface area (Å²) in [4.78, 5) is 25.0. The number of hydrogen-bond acceptors (Lipinski definition) is 4. The Hall–Kier alpha value is -1.41. The zero-order valence-electron chi connectivity index (χ0n) is 14.2. The van der Waals surface area contributed by atoms with Gasteiger partial charge in [0.15, 0.2) is 0 Å². The van der Waals surface area contributed by atoms with Crippen LogP contribution in [0.5, 0.6) is 0 Å². The summed E-state index contributed by atoms with van der Waals surface area (Å²) in [6.07, 6.45) is 3.48. The molecule has 1 aromatic carbocycles. The maximum atomic E-state index is 12.7. The molecular formula is C18H22INO4. The fourth-order valence-corrected chi connectivity index (χ4v) is 3.30. The van der Waals surface area contributed by atoms with Gasteiger partial charge in [-0.05, 0) is 54.1 Å². The van der Waals surface area contributed by atoms with E-state index in [2.05, 4.69) is 29.5 Å². The molecule has 130 valence electrons. The zero-order chi connectivity index (χ0) is 17.7. The summed E-state index contributed by atoms with van der Waals surface area (Å²) in [5.74, 6) is -0.579. The van der Waals surface area contributed by atoms with Crippen molar-refractivity contribution in [3.8, 4) is 0 Å². The molecule has 0 bridgehead atoms. The highest BCUT2D eigenvalue weighted by Crippen LogP contribution is 2.23. The lowest BCUT2D eigenvalue weighted by molar-refractivity contribution is 0.0523. The van der Waals surface area contributed by atoms with Gasteiger partial charge in [0.2, 0.25) is 5.43 Å². The van der Waals surface area contributed by atoms with Gasteiger partial charge in [0, 0.05) is 22.3 Å². The molecule has 2 rings (SSSR count). The van der Waals surface area contributed by atoms with Crippen LogP contribution in [0.1, 0.15) is 43.1 Å². The number of ether oxygens (including phenoxy) is 2. The van der Waals surface area contributed by atoms with Gasteiger partial charge in [-0.1, -0.05) is 13.3 Å². The van der Waals surface area contributed by atoms with E-state index in [0.29, 0.717) is 12.0 Å². The van der Waals surface area contributed by atoms with Crippen LogP contribution >= 0.6 is 22.6 Å². The molecule has 1 unspecified atom stereocenters. The molecular weight excluding hydrogens is 421 g/mol. The van der Waals surface area contributed by atoms with Crippen molar-refractivity contribution in [1.82, 2.24) is 4.57 Å². The van der Waals surface area contributed by atoms with Crippen LogP contribution in [0.2, 0.25) is 0 Å². The quantitative estimate of drug-likeness (QED) is 0.483. The highest BCUT2D eigenvalue weighted by atomic mass is 127. The Morgan fingerprint density at radius 1 is 1.33 bits per heavy atom. The number of pyridine rings is 1. The fourth-order valence-electron chi connectivity index (χ4n) is 2.81. The molecule has 6 heteroatoms. The molecule has 0 aliphatic rings. The first-order valence-corrected chi connectivity index (χ1v) is 9.11. The second-order valence-electron chi connectivity index (χ2n) is 5.56. The van der Waals surface area contributed by atoms with E-state index in [1.165, 1.54) is 0 Å². The van der Waals surface area contributed by atoms with E-state index in [4.69, 9.17) is 9.47 Å². The SMILES string of the molecule is CCCC(COC)n1cc(C(=O)OCC)c(=O)c2cc(I)ccc21. The molecule has 0 saturated carbocycles. The van der Waals surface area contributed by atoms with Crippen LogP contribution in [0.3, 0.4) is 0 Å². The molecule has 1 heterocycles. The van der Waals surface area contributed by atoms with Gasteiger partial charge in [-0.3, -0.25) is 4.79 Å². The Kier molecular flexibility index (Phi) is 6.79. The van der Waals surface area contributed by atoms with E-state index in [-0.39, 0.29) is 23.6 Å². The predicted molar refractivity (Wildman–Crippen MR) is 103 cm³/mol. The normalized spacial score (nSPS) is 12.3. The fraction of sp³-hybridized carbons (Fsp3) is 0.444. The Bertz CT molecular complexity index is 778. The van der Waals surface area contributed by atoms with E-state index in [9.17, 15) is 9.59 Å². The van der Waals surface area contributed by atoms with Crippen LogP contribution < -0.4 is 5.43 Å². The van der Waals surface area contributed by atoms with Crippen molar-refractivity contribution in [3.05, 3.63) is 43.8 Å². The topological polar surface area (TPSA) is 57.5 Å². The zero-order valence-corrected chi connectivity index (χ0v) is 16.3. The summed E-state index contributed by atoms with van der Waals surface area (Å²) in [5, 5.41) is 0.532. The molecule has 24 heavy (non-hydrogen) atoms. The van der Waals surface area contributed by atoms with Gasteiger partial charge in [0.25, 0.3) is 0 Å². The van der Waals surface area contributed by atoms with E-state index in [1.807, 2.05) is 22.8 Å². The minimum atomic E-state index is -0.579. The lowest BCUT2D eigenvalue weighted by Gasteiger charge is -2.22. The number of nitrogens with zero attached hydrogens (tertiary/aromatic N) is 1. The molecule has 0 N–H and O–H groups in total. The van der Waals surface area contributed by atoms with E-state index < -0.39 is 5.97 Å². The molecule has 0 aliphatic heterocycles. The lowest BCUT2D eigenvalue weighted by atomic mass is 10.1. The molecule has 0 fully saturated rings. The minimum Gasteiger partial charge on any atom is -0.462 e. The predicted octanol–water partition coefficient (Wildman–Crippen LogP) is 3.77. The van der Waals surface area contributed by atoms with E-state index in [0.717, 1.165) is 21.9 Å². The van der Waals surface area contributed by atoms with Crippen molar-refractivity contribution < 1.29 is 14.3 Å². The van der Waals surface area contributed by atoms with E-state index >= 15 is 0 Å². The van der Waals surface area contributed by atoms with Crippen molar-refractivity contribution in [2.75, 3.05) is 20.3 Å². The first-order valence-electron chi connectivity index (χ1n) is 8.03. The molecule has 0 amide bonds. The summed E-state index contributed by atoms with van der Waals surface area (Å²) in [6, 6.07) is 5.74. The van der Waals surface area contributed by atoms with Crippen LogP contribution in [-0.2, 0) is 9.47 Å². The molecule has 1 aromatic heterocycles. The number of rotatable bonds is 7. The number of benzene rings is 1. The third-order valence-electron chi connectivity index (χ3n) is 3.86. The number of aromatic nitrogens is 1. The first-order chi connectivity index (χ1) is 11.5. The molecule has 1 atom stereocenters. The highest BCUT2D eigenvalue weighted by molar-refractivity contribution is 14.1. The summed E-state index contributed by atoms with van der Waals surface area (Å²) in [6.45, 7) is 4.58. The van der Waals surface area contributed by atoms with E-state index in [1.54, 1.807) is 20.2 Å². The van der Waals surface area contributed by atoms with Crippen LogP contribution in [0.4, 0.5) is 0 Å². The molecule has 2 aromatic rings. The molecule has 0 aliphatic carbocycles. The highest BCUT2D eigenvalue weighted by Gasteiger charge is 2.20. The van der Waals surface area contributed by atoms with Crippen LogP contribution in [0.15, 0.2) is 29.2 Å². The second-order valence-corrected chi connectivity index (χ2v) is 6.80. The second kappa shape index (κ2) is 8.62. The maximum Gasteiger partial charge on any atom is 0.343 e. The Balaban J connectivity index is 2.74. The summed E-state index contributed by atoms with van der Waals surface area (Å²) in [5.41, 5.74) is 0.596. The van der Waals surface area contributed by atoms with Crippen molar-refractivity contribution in [3.63, 3.8) is 0 Å². The van der Waals surface area contributed by atoms with Gasteiger partial charge in [0.05, 0.1) is 24.8 Å². The molecule has 0 radical (unpaired) electrons. The van der Waals surface area contributed by atoms with Gasteiger partial charge in [-0.2, -0.15) is 0 Å². The minimum absolute atomic E-state index is 0.0522. The van der Waals surface area contributed by atoms with Crippen LogP contribution in [-0.4, -0.2) is 30.9 Å². The summed E-state index contributed by atoms with van der Waals surface area (Å²) < 4.78 is 13.3. The third kappa shape index (κ3) is 3.97. The number of fused-ring (bicyclic) bond motifs is 1. The average Bonchev–Trinajstić information content (AvgIpc) is 2.55.